The van der Waals surface area contributed by atoms with Gasteiger partial charge in [-0.25, -0.2) is 4.79 Å². The van der Waals surface area contributed by atoms with Crippen LogP contribution >= 0.6 is 11.6 Å². The maximum absolute atomic E-state index is 12.5. The largest absolute Gasteiger partial charge is 0.495 e. The van der Waals surface area contributed by atoms with Crippen LogP contribution in [0.2, 0.25) is 5.02 Å². The Bertz CT molecular complexity index is 808. The minimum absolute atomic E-state index is 0.239. The quantitative estimate of drug-likeness (QED) is 0.744. The first-order valence-electron chi connectivity index (χ1n) is 7.51. The zero-order chi connectivity index (χ0) is 19.1. The van der Waals surface area contributed by atoms with Crippen molar-refractivity contribution < 1.29 is 28.5 Å². The molecule has 0 heterocycles. The monoisotopic (exact) mass is 379 g/mol. The number of nitrogens with one attached hydrogen (secondary N) is 1. The number of carbonyl (C=O) groups excluding carboxylic acids is 2. The van der Waals surface area contributed by atoms with Crippen LogP contribution in [0.4, 0.5) is 5.69 Å². The summed E-state index contributed by atoms with van der Waals surface area (Å²) in [5, 5.41) is 3.18. The van der Waals surface area contributed by atoms with Gasteiger partial charge in [-0.1, -0.05) is 11.6 Å². The van der Waals surface area contributed by atoms with Crippen LogP contribution in [0.1, 0.15) is 10.4 Å². The average Bonchev–Trinajstić information content (AvgIpc) is 2.65. The Balaban J connectivity index is 2.23. The summed E-state index contributed by atoms with van der Waals surface area (Å²) < 4.78 is 20.3. The summed E-state index contributed by atoms with van der Waals surface area (Å²) in [6.07, 6.45) is 0. The van der Waals surface area contributed by atoms with Gasteiger partial charge in [0.1, 0.15) is 5.75 Å². The summed E-state index contributed by atoms with van der Waals surface area (Å²) in [5.74, 6) is 0.134. The molecular formula is C18H18ClNO6. The Morgan fingerprint density at radius 3 is 2.31 bits per heavy atom. The van der Waals surface area contributed by atoms with Gasteiger partial charge in [-0.2, -0.15) is 0 Å². The van der Waals surface area contributed by atoms with Crippen LogP contribution in [0.15, 0.2) is 36.4 Å². The Morgan fingerprint density at radius 2 is 1.65 bits per heavy atom. The van der Waals surface area contributed by atoms with Crippen LogP contribution in [0.3, 0.4) is 0 Å². The van der Waals surface area contributed by atoms with Gasteiger partial charge < -0.3 is 24.3 Å². The summed E-state index contributed by atoms with van der Waals surface area (Å²) in [4.78, 5) is 23.8. The Morgan fingerprint density at radius 1 is 0.962 bits per heavy atom. The van der Waals surface area contributed by atoms with Crippen molar-refractivity contribution in [2.45, 2.75) is 0 Å². The lowest BCUT2D eigenvalue weighted by atomic mass is 10.1. The highest BCUT2D eigenvalue weighted by Crippen LogP contribution is 2.30. The van der Waals surface area contributed by atoms with Gasteiger partial charge in [-0.3, -0.25) is 4.79 Å². The topological polar surface area (TPSA) is 83.1 Å². The number of hydrogen-bond acceptors (Lipinski definition) is 6. The first-order valence-corrected chi connectivity index (χ1v) is 7.88. The molecule has 1 N–H and O–H groups in total. The molecule has 2 aromatic carbocycles. The van der Waals surface area contributed by atoms with Crippen LogP contribution in [0.5, 0.6) is 17.2 Å². The van der Waals surface area contributed by atoms with E-state index in [1.165, 1.54) is 27.4 Å². The molecule has 0 aliphatic carbocycles. The minimum atomic E-state index is -0.550. The van der Waals surface area contributed by atoms with Crippen molar-refractivity contribution in [1.29, 1.82) is 0 Å². The summed E-state index contributed by atoms with van der Waals surface area (Å²) in [6, 6.07) is 9.48. The fourth-order valence-corrected chi connectivity index (χ4v) is 2.27. The molecule has 0 atom stereocenters. The van der Waals surface area contributed by atoms with E-state index in [9.17, 15) is 9.59 Å². The van der Waals surface area contributed by atoms with E-state index in [2.05, 4.69) is 10.1 Å². The van der Waals surface area contributed by atoms with Crippen molar-refractivity contribution in [1.82, 2.24) is 0 Å². The van der Waals surface area contributed by atoms with Crippen molar-refractivity contribution in [3.05, 3.63) is 47.0 Å². The van der Waals surface area contributed by atoms with E-state index in [4.69, 9.17) is 25.8 Å². The van der Waals surface area contributed by atoms with Crippen molar-refractivity contribution >= 4 is 29.2 Å². The third kappa shape index (κ3) is 4.80. The lowest BCUT2D eigenvalue weighted by molar-refractivity contribution is -0.142. The van der Waals surface area contributed by atoms with Crippen LogP contribution in [0, 0.1) is 0 Å². The maximum Gasteiger partial charge on any atom is 0.343 e. The highest BCUT2D eigenvalue weighted by Gasteiger charge is 2.15. The van der Waals surface area contributed by atoms with Gasteiger partial charge >= 0.3 is 5.97 Å². The Labute approximate surface area is 155 Å². The lowest BCUT2D eigenvalue weighted by Gasteiger charge is -2.13. The molecule has 0 saturated heterocycles. The molecule has 2 rings (SSSR count). The number of anilines is 1. The van der Waals surface area contributed by atoms with E-state index in [0.29, 0.717) is 27.8 Å². The first kappa shape index (κ1) is 19.4. The second-order valence-corrected chi connectivity index (χ2v) is 5.47. The second kappa shape index (κ2) is 8.96. The number of halogens is 1. The molecule has 0 aliphatic rings. The van der Waals surface area contributed by atoms with Gasteiger partial charge in [0.05, 0.1) is 27.0 Å². The number of ether oxygens (including phenoxy) is 4. The zero-order valence-corrected chi connectivity index (χ0v) is 15.3. The van der Waals surface area contributed by atoms with Gasteiger partial charge in [0.2, 0.25) is 0 Å². The highest BCUT2D eigenvalue weighted by molar-refractivity contribution is 6.31. The zero-order valence-electron chi connectivity index (χ0n) is 14.5. The molecule has 0 bridgehead atoms. The fraction of sp³-hybridized carbons (Fsp3) is 0.222. The van der Waals surface area contributed by atoms with E-state index < -0.39 is 11.9 Å². The molecule has 138 valence electrons. The first-order chi connectivity index (χ1) is 12.5. The number of hydrogen-bond donors (Lipinski definition) is 1. The van der Waals surface area contributed by atoms with Gasteiger partial charge in [0.25, 0.3) is 5.91 Å². The van der Waals surface area contributed by atoms with Gasteiger partial charge in [0.15, 0.2) is 18.1 Å². The summed E-state index contributed by atoms with van der Waals surface area (Å²) in [5.41, 5.74) is 0.727. The number of esters is 1. The van der Waals surface area contributed by atoms with E-state index in [1.54, 1.807) is 30.3 Å². The van der Waals surface area contributed by atoms with E-state index in [-0.39, 0.29) is 12.4 Å². The molecule has 0 radical (unpaired) electrons. The van der Waals surface area contributed by atoms with Gasteiger partial charge in [-0.15, -0.1) is 0 Å². The molecule has 0 fully saturated rings. The predicted octanol–water partition coefficient (Wildman–Crippen LogP) is 3.16. The molecule has 26 heavy (non-hydrogen) atoms. The molecule has 7 nitrogen and oxygen atoms in total. The standard InChI is InChI=1S/C18H18ClNO6/c1-23-14-7-5-12(19)9-13(14)20-18(22)11-4-6-15(24-2)16(8-11)26-10-17(21)25-3/h4-9H,10H2,1-3H3,(H,20,22). The van der Waals surface area contributed by atoms with Crippen molar-refractivity contribution in [3.63, 3.8) is 0 Å². The number of methoxy groups -OCH3 is 3. The molecule has 0 spiro atoms. The summed E-state index contributed by atoms with van der Waals surface area (Å²) in [7, 11) is 4.20. The van der Waals surface area contributed by atoms with Crippen molar-refractivity contribution in [2.75, 3.05) is 33.3 Å². The normalized spacial score (nSPS) is 10.0. The van der Waals surface area contributed by atoms with Crippen LogP contribution in [-0.4, -0.2) is 39.8 Å². The van der Waals surface area contributed by atoms with Gasteiger partial charge in [-0.05, 0) is 36.4 Å². The number of carbonyl (C=O) groups is 2. The molecule has 2 aromatic rings. The fourth-order valence-electron chi connectivity index (χ4n) is 2.10. The van der Waals surface area contributed by atoms with Gasteiger partial charge in [0, 0.05) is 10.6 Å². The van der Waals surface area contributed by atoms with E-state index >= 15 is 0 Å². The third-order valence-corrected chi connectivity index (χ3v) is 3.64. The Kier molecular flexibility index (Phi) is 6.68. The van der Waals surface area contributed by atoms with Crippen molar-refractivity contribution in [2.24, 2.45) is 0 Å². The molecule has 0 aliphatic heterocycles. The van der Waals surface area contributed by atoms with Crippen LogP contribution in [-0.2, 0) is 9.53 Å². The van der Waals surface area contributed by atoms with Crippen molar-refractivity contribution in [3.8, 4) is 17.2 Å². The van der Waals surface area contributed by atoms with E-state index in [0.717, 1.165) is 0 Å². The molecule has 0 saturated carbocycles. The van der Waals surface area contributed by atoms with E-state index in [1.807, 2.05) is 0 Å². The number of amides is 1. The molecule has 0 aromatic heterocycles. The third-order valence-electron chi connectivity index (χ3n) is 3.41. The van der Waals surface area contributed by atoms with Crippen LogP contribution in [0.25, 0.3) is 0 Å². The number of benzene rings is 2. The summed E-state index contributed by atoms with van der Waals surface area (Å²) in [6.45, 7) is -0.306. The maximum atomic E-state index is 12.5. The smallest absolute Gasteiger partial charge is 0.343 e. The predicted molar refractivity (Wildman–Crippen MR) is 96.5 cm³/mol. The van der Waals surface area contributed by atoms with Crippen LogP contribution < -0.4 is 19.5 Å². The highest BCUT2D eigenvalue weighted by atomic mass is 35.5. The minimum Gasteiger partial charge on any atom is -0.495 e. The Hall–Kier alpha value is -2.93. The average molecular weight is 380 g/mol. The number of rotatable bonds is 7. The molecule has 1 amide bonds. The SMILES string of the molecule is COC(=O)COc1cc(C(=O)Nc2cc(Cl)ccc2OC)ccc1OC. The molecular weight excluding hydrogens is 362 g/mol. The second-order valence-electron chi connectivity index (χ2n) is 5.03. The molecule has 8 heteroatoms. The summed E-state index contributed by atoms with van der Waals surface area (Å²) >= 11 is 5.97. The lowest BCUT2D eigenvalue weighted by Crippen LogP contribution is -2.15. The molecule has 0 unspecified atom stereocenters.